The summed E-state index contributed by atoms with van der Waals surface area (Å²) in [5, 5.41) is 1.67. The molecule has 0 amide bonds. The number of aryl methyl sites for hydroxylation is 2. The van der Waals surface area contributed by atoms with Gasteiger partial charge in [0.05, 0.1) is 8.07 Å². The van der Waals surface area contributed by atoms with Gasteiger partial charge in [-0.25, -0.2) is 0 Å². The molecule has 0 aromatic heterocycles. The highest BCUT2D eigenvalue weighted by Gasteiger charge is 2.28. The largest absolute Gasteiger partial charge is 0.0859 e. The standard InChI is InChI=1S/C14H24Si/c1-6-15(7-2,8-3)14-10-12(4)9-13(5)11-14/h9-11H,6-8H2,1-5H3. The molecular weight excluding hydrogens is 196 g/mol. The van der Waals surface area contributed by atoms with Gasteiger partial charge in [0.15, 0.2) is 0 Å². The minimum atomic E-state index is -1.16. The molecular formula is C14H24Si. The van der Waals surface area contributed by atoms with Crippen LogP contribution in [0.3, 0.4) is 0 Å². The highest BCUT2D eigenvalue weighted by molar-refractivity contribution is 6.91. The van der Waals surface area contributed by atoms with Gasteiger partial charge in [-0.05, 0) is 13.8 Å². The van der Waals surface area contributed by atoms with Gasteiger partial charge in [0.2, 0.25) is 0 Å². The van der Waals surface area contributed by atoms with Crippen LogP contribution in [0.15, 0.2) is 18.2 Å². The van der Waals surface area contributed by atoms with Crippen LogP contribution < -0.4 is 5.19 Å². The summed E-state index contributed by atoms with van der Waals surface area (Å²) < 4.78 is 0. The van der Waals surface area contributed by atoms with Crippen LogP contribution in [0, 0.1) is 13.8 Å². The van der Waals surface area contributed by atoms with Crippen molar-refractivity contribution < 1.29 is 0 Å². The van der Waals surface area contributed by atoms with E-state index in [-0.39, 0.29) is 0 Å². The Morgan fingerprint density at radius 2 is 1.20 bits per heavy atom. The predicted molar refractivity (Wildman–Crippen MR) is 72.7 cm³/mol. The Bertz CT molecular complexity index is 296. The van der Waals surface area contributed by atoms with E-state index in [4.69, 9.17) is 0 Å². The summed E-state index contributed by atoms with van der Waals surface area (Å²) in [5.74, 6) is 0. The van der Waals surface area contributed by atoms with Gasteiger partial charge in [-0.3, -0.25) is 0 Å². The molecule has 0 unspecified atom stereocenters. The van der Waals surface area contributed by atoms with Crippen molar-refractivity contribution in [3.05, 3.63) is 29.3 Å². The zero-order chi connectivity index (χ0) is 11.5. The van der Waals surface area contributed by atoms with Gasteiger partial charge in [-0.2, -0.15) is 0 Å². The summed E-state index contributed by atoms with van der Waals surface area (Å²) in [6, 6.07) is 11.3. The van der Waals surface area contributed by atoms with Crippen molar-refractivity contribution in [1.82, 2.24) is 0 Å². The van der Waals surface area contributed by atoms with Crippen molar-refractivity contribution in [2.24, 2.45) is 0 Å². The third-order valence-electron chi connectivity index (χ3n) is 3.86. The molecule has 1 aromatic rings. The van der Waals surface area contributed by atoms with E-state index in [0.717, 1.165) is 0 Å². The molecule has 1 rings (SSSR count). The molecule has 0 aliphatic rings. The topological polar surface area (TPSA) is 0 Å². The number of benzene rings is 1. The van der Waals surface area contributed by atoms with Gasteiger partial charge in [-0.15, -0.1) is 0 Å². The fraction of sp³-hybridized carbons (Fsp3) is 0.571. The summed E-state index contributed by atoms with van der Waals surface area (Å²) >= 11 is 0. The van der Waals surface area contributed by atoms with E-state index in [0.29, 0.717) is 0 Å². The van der Waals surface area contributed by atoms with Gasteiger partial charge < -0.3 is 0 Å². The lowest BCUT2D eigenvalue weighted by Gasteiger charge is -2.29. The summed E-state index contributed by atoms with van der Waals surface area (Å²) in [7, 11) is -1.16. The zero-order valence-electron chi connectivity index (χ0n) is 10.9. The van der Waals surface area contributed by atoms with E-state index in [2.05, 4.69) is 52.8 Å². The third-order valence-corrected chi connectivity index (χ3v) is 9.44. The lowest BCUT2D eigenvalue weighted by molar-refractivity contribution is 1.19. The first-order valence-corrected chi connectivity index (χ1v) is 8.79. The predicted octanol–water partition coefficient (Wildman–Crippen LogP) is 4.02. The Kier molecular flexibility index (Phi) is 4.15. The monoisotopic (exact) mass is 220 g/mol. The van der Waals surface area contributed by atoms with Crippen LogP contribution in [0.25, 0.3) is 0 Å². The van der Waals surface area contributed by atoms with E-state index in [9.17, 15) is 0 Å². The maximum atomic E-state index is 2.43. The Balaban J connectivity index is 3.22. The highest BCUT2D eigenvalue weighted by atomic mass is 28.3. The van der Waals surface area contributed by atoms with Crippen LogP contribution in [-0.2, 0) is 0 Å². The average molecular weight is 220 g/mol. The SMILES string of the molecule is CC[Si](CC)(CC)c1cc(C)cc(C)c1. The van der Waals surface area contributed by atoms with Gasteiger partial charge in [-0.1, -0.05) is 73.4 Å². The Morgan fingerprint density at radius 3 is 1.53 bits per heavy atom. The molecule has 1 heteroatoms. The van der Waals surface area contributed by atoms with Crippen LogP contribution in [0.2, 0.25) is 18.1 Å². The van der Waals surface area contributed by atoms with Gasteiger partial charge in [0.1, 0.15) is 0 Å². The molecule has 0 saturated carbocycles. The van der Waals surface area contributed by atoms with E-state index >= 15 is 0 Å². The fourth-order valence-electron chi connectivity index (χ4n) is 2.64. The van der Waals surface area contributed by atoms with E-state index in [1.807, 2.05) is 0 Å². The molecule has 0 nitrogen and oxygen atoms in total. The minimum absolute atomic E-state index is 1.16. The van der Waals surface area contributed by atoms with Crippen LogP contribution in [0.5, 0.6) is 0 Å². The van der Waals surface area contributed by atoms with Crippen molar-refractivity contribution in [3.8, 4) is 0 Å². The smallest absolute Gasteiger partial charge is 0.0675 e. The Hall–Kier alpha value is -0.563. The van der Waals surface area contributed by atoms with Crippen LogP contribution >= 0.6 is 0 Å². The molecule has 0 fully saturated rings. The summed E-state index contributed by atoms with van der Waals surface area (Å²) in [6.45, 7) is 11.6. The summed E-state index contributed by atoms with van der Waals surface area (Å²) in [5.41, 5.74) is 2.86. The second-order valence-corrected chi connectivity index (χ2v) is 9.98. The van der Waals surface area contributed by atoms with Crippen molar-refractivity contribution >= 4 is 13.3 Å². The lowest BCUT2D eigenvalue weighted by Crippen LogP contribution is -2.45. The Morgan fingerprint density at radius 1 is 0.800 bits per heavy atom. The number of hydrogen-bond acceptors (Lipinski definition) is 0. The van der Waals surface area contributed by atoms with Crippen molar-refractivity contribution in [3.63, 3.8) is 0 Å². The second-order valence-electron chi connectivity index (χ2n) is 4.72. The zero-order valence-corrected chi connectivity index (χ0v) is 11.9. The molecule has 0 aliphatic heterocycles. The highest BCUT2D eigenvalue weighted by Crippen LogP contribution is 2.21. The first kappa shape index (κ1) is 12.5. The van der Waals surface area contributed by atoms with Crippen LogP contribution in [0.4, 0.5) is 0 Å². The third kappa shape index (κ3) is 2.51. The van der Waals surface area contributed by atoms with Crippen molar-refractivity contribution in [2.75, 3.05) is 0 Å². The van der Waals surface area contributed by atoms with E-state index < -0.39 is 8.07 Å². The molecule has 0 bridgehead atoms. The van der Waals surface area contributed by atoms with Gasteiger partial charge >= 0.3 is 0 Å². The van der Waals surface area contributed by atoms with Crippen molar-refractivity contribution in [2.45, 2.75) is 52.8 Å². The average Bonchev–Trinajstić information content (AvgIpc) is 2.20. The molecule has 0 radical (unpaired) electrons. The van der Waals surface area contributed by atoms with Gasteiger partial charge in [0, 0.05) is 0 Å². The van der Waals surface area contributed by atoms with Crippen LogP contribution in [-0.4, -0.2) is 8.07 Å². The molecule has 0 spiro atoms. The Labute approximate surface area is 95.7 Å². The van der Waals surface area contributed by atoms with E-state index in [1.54, 1.807) is 5.19 Å². The van der Waals surface area contributed by atoms with Crippen molar-refractivity contribution in [1.29, 1.82) is 0 Å². The summed E-state index contributed by atoms with van der Waals surface area (Å²) in [4.78, 5) is 0. The number of hydrogen-bond donors (Lipinski definition) is 0. The molecule has 15 heavy (non-hydrogen) atoms. The van der Waals surface area contributed by atoms with Gasteiger partial charge in [0.25, 0.3) is 0 Å². The normalized spacial score (nSPS) is 11.8. The summed E-state index contributed by atoms with van der Waals surface area (Å²) in [6.07, 6.45) is 0. The molecule has 0 N–H and O–H groups in total. The second kappa shape index (κ2) is 4.98. The lowest BCUT2D eigenvalue weighted by atomic mass is 10.2. The molecule has 0 atom stereocenters. The first-order chi connectivity index (χ1) is 7.07. The molecule has 0 heterocycles. The molecule has 1 aromatic carbocycles. The fourth-order valence-corrected chi connectivity index (χ4v) is 6.44. The quantitative estimate of drug-likeness (QED) is 0.672. The maximum absolute atomic E-state index is 2.43. The van der Waals surface area contributed by atoms with Crippen LogP contribution in [0.1, 0.15) is 31.9 Å². The first-order valence-electron chi connectivity index (χ1n) is 6.16. The molecule has 84 valence electrons. The van der Waals surface area contributed by atoms with E-state index in [1.165, 1.54) is 29.3 Å². The number of rotatable bonds is 4. The maximum Gasteiger partial charge on any atom is 0.0859 e. The molecule has 0 aliphatic carbocycles. The molecule has 0 saturated heterocycles. The minimum Gasteiger partial charge on any atom is -0.0675 e.